The summed E-state index contributed by atoms with van der Waals surface area (Å²) in [5.74, 6) is -0.103. The number of alkyl halides is 3. The third-order valence-electron chi connectivity index (χ3n) is 6.48. The number of pyridine rings is 1. The van der Waals surface area contributed by atoms with Gasteiger partial charge in [0.25, 0.3) is 0 Å². The standard InChI is InChI=1S/C25H18ClF4N7S/c26-17-4-6-19(36-8-7-33-35-36)21(22(17)27)15-3-5-18(31-10-15)20(9-14-1-2-14)37-12-16(11-34-37)23-24(25(28,29)30)32-13-38-23/h3-8,10-14,20H,1-2,9H2/p+1. The summed E-state index contributed by atoms with van der Waals surface area (Å²) in [7, 11) is 0. The number of H-pyrrole nitrogens is 1. The van der Waals surface area contributed by atoms with Crippen LogP contribution in [-0.2, 0) is 6.18 Å². The van der Waals surface area contributed by atoms with E-state index in [1.807, 2.05) is 0 Å². The van der Waals surface area contributed by atoms with Crippen molar-refractivity contribution in [2.75, 3.05) is 0 Å². The van der Waals surface area contributed by atoms with Crippen LogP contribution < -0.4 is 4.68 Å². The fourth-order valence-corrected chi connectivity index (χ4v) is 5.38. The zero-order valence-corrected chi connectivity index (χ0v) is 21.1. The second-order valence-electron chi connectivity index (χ2n) is 9.06. The maximum Gasteiger partial charge on any atom is 0.434 e. The number of benzene rings is 1. The molecule has 1 aliphatic rings. The minimum atomic E-state index is -4.55. The average molecular weight is 561 g/mol. The molecule has 1 unspecified atom stereocenters. The van der Waals surface area contributed by atoms with E-state index in [0.29, 0.717) is 28.4 Å². The molecule has 7 nitrogen and oxygen atoms in total. The van der Waals surface area contributed by atoms with Crippen molar-refractivity contribution in [1.82, 2.24) is 30.1 Å². The molecule has 5 aromatic rings. The molecule has 6 rings (SSSR count). The number of nitrogens with one attached hydrogen (secondary N) is 1. The van der Waals surface area contributed by atoms with E-state index in [2.05, 4.69) is 25.4 Å². The zero-order chi connectivity index (χ0) is 26.4. The van der Waals surface area contributed by atoms with Crippen molar-refractivity contribution < 1.29 is 22.2 Å². The van der Waals surface area contributed by atoms with Crippen molar-refractivity contribution in [3.8, 4) is 27.3 Å². The van der Waals surface area contributed by atoms with Crippen LogP contribution in [0, 0.1) is 11.7 Å². The molecule has 1 fully saturated rings. The summed E-state index contributed by atoms with van der Waals surface area (Å²) in [4.78, 5) is 8.17. The monoisotopic (exact) mass is 560 g/mol. The highest BCUT2D eigenvalue weighted by atomic mass is 35.5. The number of hydrogen-bond donors (Lipinski definition) is 1. The summed E-state index contributed by atoms with van der Waals surface area (Å²) >= 11 is 7.01. The quantitative estimate of drug-likeness (QED) is 0.188. The molecule has 0 radical (unpaired) electrons. The second-order valence-corrected chi connectivity index (χ2v) is 10.3. The van der Waals surface area contributed by atoms with Crippen LogP contribution in [-0.4, -0.2) is 30.1 Å². The first-order valence-corrected chi connectivity index (χ1v) is 13.0. The Labute approximate surface area is 222 Å². The lowest BCUT2D eigenvalue weighted by Gasteiger charge is -2.18. The van der Waals surface area contributed by atoms with Gasteiger partial charge < -0.3 is 0 Å². The number of halogens is 5. The van der Waals surface area contributed by atoms with E-state index in [-0.39, 0.29) is 21.5 Å². The Morgan fingerprint density at radius 3 is 2.66 bits per heavy atom. The van der Waals surface area contributed by atoms with Gasteiger partial charge in [-0.3, -0.25) is 9.67 Å². The van der Waals surface area contributed by atoms with Gasteiger partial charge in [-0.15, -0.1) is 16.0 Å². The van der Waals surface area contributed by atoms with Crippen molar-refractivity contribution in [1.29, 1.82) is 0 Å². The Hall–Kier alpha value is -3.64. The summed E-state index contributed by atoms with van der Waals surface area (Å²) in [6, 6.07) is 6.41. The molecule has 0 saturated heterocycles. The normalized spacial score (nSPS) is 14.7. The highest BCUT2D eigenvalue weighted by Gasteiger charge is 2.37. The van der Waals surface area contributed by atoms with Gasteiger partial charge in [-0.2, -0.15) is 18.3 Å². The van der Waals surface area contributed by atoms with Gasteiger partial charge in [-0.1, -0.05) is 35.7 Å². The van der Waals surface area contributed by atoms with Gasteiger partial charge >= 0.3 is 6.18 Å². The summed E-state index contributed by atoms with van der Waals surface area (Å²) in [6.07, 6.45) is 6.14. The Morgan fingerprint density at radius 2 is 1.97 bits per heavy atom. The van der Waals surface area contributed by atoms with Crippen LogP contribution in [0.4, 0.5) is 17.6 Å². The van der Waals surface area contributed by atoms with Crippen molar-refractivity contribution in [2.45, 2.75) is 31.5 Å². The lowest BCUT2D eigenvalue weighted by atomic mass is 10.0. The molecule has 0 bridgehead atoms. The van der Waals surface area contributed by atoms with E-state index in [1.54, 1.807) is 52.4 Å². The van der Waals surface area contributed by atoms with Crippen molar-refractivity contribution >= 4 is 22.9 Å². The van der Waals surface area contributed by atoms with E-state index in [1.165, 1.54) is 17.8 Å². The summed E-state index contributed by atoms with van der Waals surface area (Å²) in [5, 5.41) is 11.1. The predicted octanol–water partition coefficient (Wildman–Crippen LogP) is 6.27. The highest BCUT2D eigenvalue weighted by molar-refractivity contribution is 7.13. The minimum absolute atomic E-state index is 0.0232. The van der Waals surface area contributed by atoms with Gasteiger partial charge in [-0.25, -0.2) is 9.37 Å². The molecule has 0 aliphatic heterocycles. The van der Waals surface area contributed by atoms with Crippen LogP contribution in [0.1, 0.15) is 36.7 Å². The Balaban J connectivity index is 1.36. The second kappa shape index (κ2) is 9.59. The molecule has 0 amide bonds. The molecule has 38 heavy (non-hydrogen) atoms. The zero-order valence-electron chi connectivity index (χ0n) is 19.5. The van der Waals surface area contributed by atoms with Crippen molar-refractivity contribution in [3.63, 3.8) is 0 Å². The molecular formula is C25H19ClF4N7S+. The molecule has 194 valence electrons. The summed E-state index contributed by atoms with van der Waals surface area (Å²) < 4.78 is 58.6. The molecular weight excluding hydrogens is 542 g/mol. The lowest BCUT2D eigenvalue weighted by Crippen LogP contribution is -2.33. The third-order valence-corrected chi connectivity index (χ3v) is 7.64. The molecule has 13 heteroatoms. The summed E-state index contributed by atoms with van der Waals surface area (Å²) in [5.41, 5.74) is 2.57. The van der Waals surface area contributed by atoms with Gasteiger partial charge in [0.2, 0.25) is 6.20 Å². The molecule has 4 heterocycles. The molecule has 1 aromatic carbocycles. The number of rotatable bonds is 7. The van der Waals surface area contributed by atoms with Crippen molar-refractivity contribution in [3.05, 3.63) is 83.0 Å². The Bertz CT molecular complexity index is 1570. The van der Waals surface area contributed by atoms with E-state index >= 15 is 4.39 Å². The average Bonchev–Trinajstić information content (AvgIpc) is 3.31. The Kier molecular flexibility index (Phi) is 6.23. The SMILES string of the molecule is Fc1c(Cl)ccc(-[n+]2ccn[nH]2)c1-c1ccc(C(CC2CC2)n2cc(-c3scnc3C(F)(F)F)cn2)nc1. The maximum absolute atomic E-state index is 15.2. The van der Waals surface area contributed by atoms with Gasteiger partial charge in [0.15, 0.2) is 23.4 Å². The fraction of sp³-hybridized carbons (Fsp3) is 0.240. The van der Waals surface area contributed by atoms with Crippen LogP contribution >= 0.6 is 22.9 Å². The van der Waals surface area contributed by atoms with Crippen LogP contribution in [0.5, 0.6) is 0 Å². The largest absolute Gasteiger partial charge is 0.434 e. The van der Waals surface area contributed by atoms with Crippen molar-refractivity contribution in [2.24, 2.45) is 5.92 Å². The molecule has 4 aromatic heterocycles. The maximum atomic E-state index is 15.2. The number of aromatic amines is 1. The lowest BCUT2D eigenvalue weighted by molar-refractivity contribution is -0.659. The minimum Gasteiger partial charge on any atom is -0.263 e. The fourth-order valence-electron chi connectivity index (χ4n) is 4.44. The number of aromatic nitrogens is 7. The van der Waals surface area contributed by atoms with E-state index in [9.17, 15) is 13.2 Å². The molecule has 1 N–H and O–H groups in total. The first-order valence-electron chi connectivity index (χ1n) is 11.7. The first-order chi connectivity index (χ1) is 18.3. The molecule has 1 atom stereocenters. The number of hydrogen-bond acceptors (Lipinski definition) is 5. The predicted molar refractivity (Wildman–Crippen MR) is 132 cm³/mol. The molecule has 1 saturated carbocycles. The third kappa shape index (κ3) is 4.69. The van der Waals surface area contributed by atoms with E-state index < -0.39 is 17.7 Å². The van der Waals surface area contributed by atoms with Crippen LogP contribution in [0.15, 0.2) is 60.8 Å². The van der Waals surface area contributed by atoms with Gasteiger partial charge in [0.1, 0.15) is 0 Å². The van der Waals surface area contributed by atoms with Crippen LogP contribution in [0.3, 0.4) is 0 Å². The smallest absolute Gasteiger partial charge is 0.263 e. The highest BCUT2D eigenvalue weighted by Crippen LogP contribution is 2.41. The van der Waals surface area contributed by atoms with Gasteiger partial charge in [-0.05, 0) is 30.5 Å². The first kappa shape index (κ1) is 24.7. The van der Waals surface area contributed by atoms with Crippen LogP contribution in [0.2, 0.25) is 5.02 Å². The van der Waals surface area contributed by atoms with Gasteiger partial charge in [0, 0.05) is 28.6 Å². The molecule has 1 aliphatic carbocycles. The molecule has 0 spiro atoms. The van der Waals surface area contributed by atoms with E-state index in [0.717, 1.165) is 30.6 Å². The number of thiazole rings is 1. The van der Waals surface area contributed by atoms with Crippen LogP contribution in [0.25, 0.3) is 27.3 Å². The summed E-state index contributed by atoms with van der Waals surface area (Å²) in [6.45, 7) is 0. The van der Waals surface area contributed by atoms with Gasteiger partial charge in [0.05, 0.1) is 38.9 Å². The number of nitrogens with zero attached hydrogens (tertiary/aromatic N) is 6. The van der Waals surface area contributed by atoms with E-state index in [4.69, 9.17) is 11.6 Å². The topological polar surface area (TPSA) is 76.2 Å². The Morgan fingerprint density at radius 1 is 1.13 bits per heavy atom.